The van der Waals surface area contributed by atoms with Crippen molar-refractivity contribution in [3.8, 4) is 0 Å². The maximum atomic E-state index is 11.9. The number of nitrogens with zero attached hydrogens (tertiary/aromatic N) is 1. The Labute approximate surface area is 131 Å². The quantitative estimate of drug-likeness (QED) is 0.910. The van der Waals surface area contributed by atoms with Crippen LogP contribution in [0, 0.1) is 0 Å². The minimum Gasteiger partial charge on any atom is -0.445 e. The van der Waals surface area contributed by atoms with Crippen LogP contribution in [0.5, 0.6) is 0 Å². The Morgan fingerprint density at radius 3 is 2.82 bits per heavy atom. The fraction of sp³-hybridized carbons (Fsp3) is 0.529. The summed E-state index contributed by atoms with van der Waals surface area (Å²) < 4.78 is 5.22. The normalized spacial score (nSPS) is 17.9. The second-order valence-electron chi connectivity index (χ2n) is 5.63. The highest BCUT2D eigenvalue weighted by atomic mass is 16.5. The highest BCUT2D eigenvalue weighted by Crippen LogP contribution is 2.12. The molecule has 2 rings (SSSR count). The van der Waals surface area contributed by atoms with Gasteiger partial charge in [0.1, 0.15) is 6.61 Å². The van der Waals surface area contributed by atoms with Crippen LogP contribution in [-0.4, -0.2) is 36.0 Å². The Kier molecular flexibility index (Phi) is 6.25. The van der Waals surface area contributed by atoms with Crippen molar-refractivity contribution in [3.05, 3.63) is 35.9 Å². The van der Waals surface area contributed by atoms with Crippen molar-refractivity contribution in [2.45, 2.75) is 45.3 Å². The average molecular weight is 304 g/mol. The van der Waals surface area contributed by atoms with E-state index in [-0.39, 0.29) is 18.6 Å². The van der Waals surface area contributed by atoms with Crippen LogP contribution in [0.3, 0.4) is 0 Å². The molecule has 0 spiro atoms. The van der Waals surface area contributed by atoms with E-state index in [9.17, 15) is 9.59 Å². The lowest BCUT2D eigenvalue weighted by atomic mass is 10.1. The van der Waals surface area contributed by atoms with E-state index in [1.54, 1.807) is 0 Å². The molecule has 0 bridgehead atoms. The van der Waals surface area contributed by atoms with E-state index in [2.05, 4.69) is 5.32 Å². The Morgan fingerprint density at radius 1 is 1.32 bits per heavy atom. The fourth-order valence-corrected chi connectivity index (χ4v) is 2.62. The number of benzene rings is 1. The number of amides is 2. The number of hydrogen-bond acceptors (Lipinski definition) is 3. The molecule has 1 aromatic carbocycles. The number of piperidine rings is 1. The zero-order valence-corrected chi connectivity index (χ0v) is 13.1. The van der Waals surface area contributed by atoms with E-state index in [1.165, 1.54) is 0 Å². The van der Waals surface area contributed by atoms with Crippen LogP contribution >= 0.6 is 0 Å². The van der Waals surface area contributed by atoms with Crippen molar-refractivity contribution in [1.29, 1.82) is 0 Å². The summed E-state index contributed by atoms with van der Waals surface area (Å²) in [4.78, 5) is 25.6. The molecule has 1 saturated heterocycles. The highest BCUT2D eigenvalue weighted by Gasteiger charge is 2.24. The maximum absolute atomic E-state index is 11.9. The van der Waals surface area contributed by atoms with Gasteiger partial charge < -0.3 is 15.0 Å². The van der Waals surface area contributed by atoms with Crippen LogP contribution in [0.4, 0.5) is 4.79 Å². The second kappa shape index (κ2) is 8.41. The van der Waals surface area contributed by atoms with Gasteiger partial charge in [0, 0.05) is 25.6 Å². The summed E-state index contributed by atoms with van der Waals surface area (Å²) >= 11 is 0. The van der Waals surface area contributed by atoms with Crippen molar-refractivity contribution < 1.29 is 14.3 Å². The Balaban J connectivity index is 1.75. The topological polar surface area (TPSA) is 58.6 Å². The molecular formula is C17H24N2O3. The van der Waals surface area contributed by atoms with Crippen LogP contribution in [0.25, 0.3) is 0 Å². The molecule has 1 N–H and O–H groups in total. The van der Waals surface area contributed by atoms with E-state index < -0.39 is 6.09 Å². The average Bonchev–Trinajstić information content (AvgIpc) is 2.54. The van der Waals surface area contributed by atoms with Gasteiger partial charge in [-0.1, -0.05) is 37.3 Å². The number of carbonyl (C=O) groups is 2. The van der Waals surface area contributed by atoms with Crippen LogP contribution in [0.2, 0.25) is 0 Å². The van der Waals surface area contributed by atoms with Crippen molar-refractivity contribution >= 4 is 12.0 Å². The molecule has 1 fully saturated rings. The molecule has 1 aliphatic rings. The van der Waals surface area contributed by atoms with Gasteiger partial charge in [-0.25, -0.2) is 4.79 Å². The third-order valence-electron chi connectivity index (χ3n) is 3.77. The summed E-state index contributed by atoms with van der Waals surface area (Å²) in [6, 6.07) is 9.56. The van der Waals surface area contributed by atoms with Gasteiger partial charge in [0.25, 0.3) is 0 Å². The van der Waals surface area contributed by atoms with Crippen LogP contribution < -0.4 is 5.32 Å². The van der Waals surface area contributed by atoms with E-state index in [0.29, 0.717) is 13.0 Å². The molecule has 22 heavy (non-hydrogen) atoms. The van der Waals surface area contributed by atoms with Gasteiger partial charge in [-0.2, -0.15) is 0 Å². The number of hydrogen-bond donors (Lipinski definition) is 1. The third-order valence-corrected chi connectivity index (χ3v) is 3.77. The number of likely N-dealkylation sites (tertiary alicyclic amines) is 1. The molecule has 0 radical (unpaired) electrons. The number of carbonyl (C=O) groups excluding carboxylic acids is 2. The van der Waals surface area contributed by atoms with Gasteiger partial charge in [-0.05, 0) is 24.8 Å². The third kappa shape index (κ3) is 5.06. The first-order valence-corrected chi connectivity index (χ1v) is 7.94. The van der Waals surface area contributed by atoms with Crippen LogP contribution in [-0.2, 0) is 16.1 Å². The second-order valence-corrected chi connectivity index (χ2v) is 5.63. The van der Waals surface area contributed by atoms with E-state index >= 15 is 0 Å². The molecule has 1 aliphatic heterocycles. The fourth-order valence-electron chi connectivity index (χ4n) is 2.62. The molecule has 2 amide bonds. The van der Waals surface area contributed by atoms with Crippen molar-refractivity contribution in [1.82, 2.24) is 10.2 Å². The van der Waals surface area contributed by atoms with Gasteiger partial charge in [0.05, 0.1) is 0 Å². The SMILES string of the molecule is CCCC(=O)N1CCCC(NC(=O)OCc2ccccc2)C1. The first-order valence-electron chi connectivity index (χ1n) is 7.94. The van der Waals surface area contributed by atoms with Crippen molar-refractivity contribution in [2.75, 3.05) is 13.1 Å². The van der Waals surface area contributed by atoms with Gasteiger partial charge >= 0.3 is 6.09 Å². The molecule has 1 heterocycles. The largest absolute Gasteiger partial charge is 0.445 e. The summed E-state index contributed by atoms with van der Waals surface area (Å²) in [7, 11) is 0. The van der Waals surface area contributed by atoms with E-state index in [0.717, 1.165) is 31.4 Å². The molecule has 0 saturated carbocycles. The Hall–Kier alpha value is -2.04. The molecule has 1 aromatic rings. The lowest BCUT2D eigenvalue weighted by Crippen LogP contribution is -2.49. The monoisotopic (exact) mass is 304 g/mol. The molecule has 1 atom stereocenters. The number of nitrogens with one attached hydrogen (secondary N) is 1. The maximum Gasteiger partial charge on any atom is 0.407 e. The van der Waals surface area contributed by atoms with Gasteiger partial charge in [-0.15, -0.1) is 0 Å². The molecule has 5 nitrogen and oxygen atoms in total. The first-order chi connectivity index (χ1) is 10.7. The summed E-state index contributed by atoms with van der Waals surface area (Å²) in [6.07, 6.45) is 2.81. The summed E-state index contributed by atoms with van der Waals surface area (Å²) in [5.41, 5.74) is 0.959. The lowest BCUT2D eigenvalue weighted by Gasteiger charge is -2.33. The van der Waals surface area contributed by atoms with E-state index in [4.69, 9.17) is 4.74 Å². The smallest absolute Gasteiger partial charge is 0.407 e. The minimum absolute atomic E-state index is 0.0159. The summed E-state index contributed by atoms with van der Waals surface area (Å²) in [6.45, 7) is 3.63. The standard InChI is InChI=1S/C17H24N2O3/c1-2-7-16(20)19-11-6-10-15(12-19)18-17(21)22-13-14-8-4-3-5-9-14/h3-5,8-9,15H,2,6-7,10-13H2,1H3,(H,18,21). The predicted molar refractivity (Wildman–Crippen MR) is 84.3 cm³/mol. The predicted octanol–water partition coefficient (Wildman–Crippen LogP) is 2.70. The lowest BCUT2D eigenvalue weighted by molar-refractivity contribution is -0.132. The number of rotatable bonds is 5. The Morgan fingerprint density at radius 2 is 2.09 bits per heavy atom. The number of ether oxygens (including phenoxy) is 1. The first kappa shape index (κ1) is 16.3. The zero-order valence-electron chi connectivity index (χ0n) is 13.1. The molecule has 5 heteroatoms. The molecule has 0 aliphatic carbocycles. The van der Waals surface area contributed by atoms with Crippen LogP contribution in [0.1, 0.15) is 38.2 Å². The van der Waals surface area contributed by atoms with E-state index in [1.807, 2.05) is 42.2 Å². The van der Waals surface area contributed by atoms with Gasteiger partial charge in [-0.3, -0.25) is 4.79 Å². The van der Waals surface area contributed by atoms with Crippen molar-refractivity contribution in [2.24, 2.45) is 0 Å². The molecular weight excluding hydrogens is 280 g/mol. The van der Waals surface area contributed by atoms with Crippen LogP contribution in [0.15, 0.2) is 30.3 Å². The van der Waals surface area contributed by atoms with Crippen molar-refractivity contribution in [3.63, 3.8) is 0 Å². The number of alkyl carbamates (subject to hydrolysis) is 1. The Bertz CT molecular complexity index is 490. The summed E-state index contributed by atoms with van der Waals surface area (Å²) in [5, 5.41) is 2.86. The van der Waals surface area contributed by atoms with Gasteiger partial charge in [0.15, 0.2) is 0 Å². The molecule has 120 valence electrons. The van der Waals surface area contributed by atoms with Gasteiger partial charge in [0.2, 0.25) is 5.91 Å². The minimum atomic E-state index is -0.418. The highest BCUT2D eigenvalue weighted by molar-refractivity contribution is 5.76. The summed E-state index contributed by atoms with van der Waals surface area (Å²) in [5.74, 6) is 0.173. The zero-order chi connectivity index (χ0) is 15.8. The molecule has 1 unspecified atom stereocenters. The molecule has 0 aromatic heterocycles.